The number of fused-ring (bicyclic) bond motifs is 2. The van der Waals surface area contributed by atoms with Gasteiger partial charge in [0.2, 0.25) is 0 Å². The zero-order valence-electron chi connectivity index (χ0n) is 22.5. The third-order valence-electron chi connectivity index (χ3n) is 5.62. The fourth-order valence-electron chi connectivity index (χ4n) is 4.25. The van der Waals surface area contributed by atoms with Crippen molar-refractivity contribution in [2.75, 3.05) is 0 Å². The molecule has 0 amide bonds. The summed E-state index contributed by atoms with van der Waals surface area (Å²) in [6, 6.07) is 28.5. The van der Waals surface area contributed by atoms with Crippen molar-refractivity contribution in [1.82, 2.24) is 0 Å². The average molecular weight is 631 g/mol. The Morgan fingerprint density at radius 3 is 2.14 bits per heavy atom. The van der Waals surface area contributed by atoms with E-state index in [1.807, 2.05) is 0 Å². The fourth-order valence-corrected chi connectivity index (χ4v) is 4.25. The van der Waals surface area contributed by atoms with Crippen LogP contribution in [0.5, 0.6) is 0 Å². The van der Waals surface area contributed by atoms with Gasteiger partial charge < -0.3 is 54.5 Å². The minimum atomic E-state index is -0.159. The number of halogens is 2. The Morgan fingerprint density at radius 1 is 0.889 bits per heavy atom. The Bertz CT molecular complexity index is 1080. The molecule has 0 spiro atoms. The molecule has 1 aliphatic rings. The molecule has 0 fully saturated rings. The zero-order valence-corrected chi connectivity index (χ0v) is 28.5. The van der Waals surface area contributed by atoms with E-state index in [0.29, 0.717) is 0 Å². The molecule has 0 aromatic heterocycles. The maximum Gasteiger partial charge on any atom is -0.0276 e. The van der Waals surface area contributed by atoms with Crippen LogP contribution in [0.1, 0.15) is 42.9 Å². The molecule has 4 aromatic rings. The monoisotopic (exact) mass is 628 g/mol. The van der Waals surface area contributed by atoms with Crippen LogP contribution in [0.25, 0.3) is 21.9 Å². The van der Waals surface area contributed by atoms with Gasteiger partial charge in [-0.15, -0.1) is 22.9 Å². The van der Waals surface area contributed by atoms with Gasteiger partial charge in [-0.3, -0.25) is 0 Å². The van der Waals surface area contributed by atoms with Crippen LogP contribution in [0.3, 0.4) is 0 Å². The average Bonchev–Trinajstić information content (AvgIpc) is 3.53. The summed E-state index contributed by atoms with van der Waals surface area (Å²) >= 11 is -0.159. The van der Waals surface area contributed by atoms with Gasteiger partial charge in [-0.25, -0.2) is 6.07 Å². The van der Waals surface area contributed by atoms with E-state index >= 15 is 0 Å². The molecule has 4 aromatic carbocycles. The van der Waals surface area contributed by atoms with Crippen LogP contribution in [0.2, 0.25) is 0 Å². The Balaban J connectivity index is -0.000000250. The summed E-state index contributed by atoms with van der Waals surface area (Å²) in [5.74, 6) is 0. The molecule has 0 N–H and O–H groups in total. The SMILES string of the molecule is CCCCc1cc[cH-]c1.[CH3-].[CH3-].[CH3-].[CH3-].[Cl-].[Cl-].[Si]=[Zr]=[Si].c1ccc(-c2c3c(cc4[cH-]ccc24)CCC3)cc1. The normalized spacial score (nSPS) is 9.69. The van der Waals surface area contributed by atoms with E-state index in [1.54, 1.807) is 11.1 Å². The summed E-state index contributed by atoms with van der Waals surface area (Å²) < 4.78 is 0. The molecular formula is C31H40Cl2Si2Zr-8. The predicted octanol–water partition coefficient (Wildman–Crippen LogP) is 2.51. The third kappa shape index (κ3) is 11.8. The first-order valence-electron chi connectivity index (χ1n) is 10.8. The van der Waals surface area contributed by atoms with Gasteiger partial charge in [0, 0.05) is 0 Å². The van der Waals surface area contributed by atoms with Crippen molar-refractivity contribution in [1.29, 1.82) is 0 Å². The van der Waals surface area contributed by atoms with Crippen LogP contribution in [0.15, 0.2) is 78.9 Å². The molecule has 0 nitrogen and oxygen atoms in total. The Morgan fingerprint density at radius 2 is 1.56 bits per heavy atom. The van der Waals surface area contributed by atoms with Crippen LogP contribution >= 0.6 is 0 Å². The van der Waals surface area contributed by atoms with E-state index in [9.17, 15) is 0 Å². The molecule has 5 heteroatoms. The van der Waals surface area contributed by atoms with Crippen molar-refractivity contribution in [3.05, 3.63) is 125 Å². The van der Waals surface area contributed by atoms with Crippen LogP contribution in [-0.2, 0) is 39.7 Å². The van der Waals surface area contributed by atoms with Crippen LogP contribution in [0.4, 0.5) is 0 Å². The number of benzene rings is 2. The molecule has 0 heterocycles. The van der Waals surface area contributed by atoms with Crippen LogP contribution < -0.4 is 24.8 Å². The largest absolute Gasteiger partial charge is 0.168 e. The summed E-state index contributed by atoms with van der Waals surface area (Å²) in [6.45, 7) is 8.76. The molecule has 0 saturated heterocycles. The van der Waals surface area contributed by atoms with Crippen LogP contribution in [-0.4, -0.2) is 13.8 Å². The number of hydrogen-bond donors (Lipinski definition) is 0. The number of aryl methyl sites for hydroxylation is 2. The summed E-state index contributed by atoms with van der Waals surface area (Å²) in [6.07, 6.45) is 7.66. The van der Waals surface area contributed by atoms with E-state index < -0.39 is 0 Å². The van der Waals surface area contributed by atoms with Crippen molar-refractivity contribution in [2.24, 2.45) is 0 Å². The molecule has 198 valence electrons. The van der Waals surface area contributed by atoms with Gasteiger partial charge in [-0.1, -0.05) is 73.2 Å². The van der Waals surface area contributed by atoms with E-state index in [1.165, 1.54) is 66.0 Å². The van der Waals surface area contributed by atoms with Crippen molar-refractivity contribution in [3.8, 4) is 11.1 Å². The second-order valence-corrected chi connectivity index (χ2v) is 14.2. The van der Waals surface area contributed by atoms with Crippen LogP contribution in [0, 0.1) is 29.7 Å². The van der Waals surface area contributed by atoms with Gasteiger partial charge >= 0.3 is 34.2 Å². The van der Waals surface area contributed by atoms with Crippen molar-refractivity contribution >= 4 is 24.5 Å². The Labute approximate surface area is 249 Å². The maximum absolute atomic E-state index is 3.27. The number of unbranched alkanes of at least 4 members (excludes halogenated alkanes) is 1. The number of hydrogen-bond acceptors (Lipinski definition) is 0. The fraction of sp³-hybridized carbons (Fsp3) is 0.226. The molecule has 1 aliphatic carbocycles. The van der Waals surface area contributed by atoms with E-state index in [0.717, 1.165) is 0 Å². The van der Waals surface area contributed by atoms with Crippen molar-refractivity contribution in [2.45, 2.75) is 45.4 Å². The van der Waals surface area contributed by atoms with E-state index in [2.05, 4.69) is 99.5 Å². The van der Waals surface area contributed by atoms with Crippen molar-refractivity contribution in [3.63, 3.8) is 0 Å². The summed E-state index contributed by atoms with van der Waals surface area (Å²) in [4.78, 5) is 0. The smallest absolute Gasteiger partial charge is 0.0276 e. The molecule has 0 bridgehead atoms. The minimum absolute atomic E-state index is 0. The molecule has 0 unspecified atom stereocenters. The van der Waals surface area contributed by atoms with Crippen molar-refractivity contribution < 1.29 is 45.3 Å². The topological polar surface area (TPSA) is 0 Å². The number of rotatable bonds is 4. The zero-order chi connectivity index (χ0) is 21.2. The van der Waals surface area contributed by atoms with Gasteiger partial charge in [0.1, 0.15) is 0 Å². The second kappa shape index (κ2) is 23.4. The molecule has 36 heavy (non-hydrogen) atoms. The van der Waals surface area contributed by atoms with Gasteiger partial charge in [-0.05, 0) is 24.8 Å². The van der Waals surface area contributed by atoms with Gasteiger partial charge in [-0.2, -0.15) is 35.9 Å². The quantitative estimate of drug-likeness (QED) is 0.240. The van der Waals surface area contributed by atoms with Gasteiger partial charge in [0.15, 0.2) is 0 Å². The molecular weight excluding hydrogens is 591 g/mol. The molecule has 0 atom stereocenters. The molecule has 0 saturated carbocycles. The Kier molecular flexibility index (Phi) is 27.6. The standard InChI is InChI=1S/C18H15.C9H13.4CH3.2ClH.2Si.Zr/c1-2-6-13(7-3-1)18-16-10-4-8-14(16)12-15-9-5-11-17(15)18;1-2-3-6-9-7-4-5-8-9;;;;;;;;;/h1-4,6-8,10,12H,5,9,11H2;4-5,7-8H,2-3,6H2,1H3;4*1H3;2*1H;;;/q6*-1;;;;;/p-2. The maximum atomic E-state index is 3.27. The summed E-state index contributed by atoms with van der Waals surface area (Å²) in [7, 11) is 0. The van der Waals surface area contributed by atoms with Gasteiger partial charge in [0.05, 0.1) is 0 Å². The third-order valence-corrected chi connectivity index (χ3v) is 5.62. The van der Waals surface area contributed by atoms with Gasteiger partial charge in [0.25, 0.3) is 0 Å². The predicted molar refractivity (Wildman–Crippen MR) is 155 cm³/mol. The first-order valence-corrected chi connectivity index (χ1v) is 19.2. The summed E-state index contributed by atoms with van der Waals surface area (Å²) in [5, 5.41) is 2.82. The first kappa shape index (κ1) is 42.4. The summed E-state index contributed by atoms with van der Waals surface area (Å²) in [5.41, 5.74) is 7.47. The first-order chi connectivity index (χ1) is 14.8. The minimum Gasteiger partial charge on any atom is -0.168 e. The Hall–Kier alpha value is -0.703. The molecule has 4 radical (unpaired) electrons. The molecule has 5 rings (SSSR count). The van der Waals surface area contributed by atoms with E-state index in [4.69, 9.17) is 0 Å². The second-order valence-electron chi connectivity index (χ2n) is 7.66. The molecule has 0 aliphatic heterocycles. The van der Waals surface area contributed by atoms with E-state index in [-0.39, 0.29) is 75.0 Å².